The van der Waals surface area contributed by atoms with E-state index in [0.29, 0.717) is 6.04 Å². The van der Waals surface area contributed by atoms with E-state index >= 15 is 0 Å². The first-order valence-corrected chi connectivity index (χ1v) is 9.22. The largest absolute Gasteiger partial charge is 0.374 e. The van der Waals surface area contributed by atoms with Gasteiger partial charge in [0.05, 0.1) is 9.39 Å². The van der Waals surface area contributed by atoms with E-state index in [-0.39, 0.29) is 5.60 Å². The zero-order valence-electron chi connectivity index (χ0n) is 10.3. The number of nitrogens with one attached hydrogen (secondary N) is 1. The van der Waals surface area contributed by atoms with Crippen molar-refractivity contribution >= 4 is 39.0 Å². The summed E-state index contributed by atoms with van der Waals surface area (Å²) in [6.07, 6.45) is 3.58. The molecule has 2 aliphatic rings. The summed E-state index contributed by atoms with van der Waals surface area (Å²) >= 11 is 7.38. The normalized spacial score (nSPS) is 32.2. The number of ether oxygens (including phenoxy) is 1. The van der Waals surface area contributed by atoms with Crippen LogP contribution in [-0.2, 0) is 11.3 Å². The minimum Gasteiger partial charge on any atom is -0.374 e. The Balaban J connectivity index is 1.53. The van der Waals surface area contributed by atoms with Gasteiger partial charge < -0.3 is 10.1 Å². The molecule has 2 atom stereocenters. The molecule has 0 amide bonds. The molecule has 1 aromatic heterocycles. The molecule has 100 valence electrons. The maximum Gasteiger partial charge on any atom is 0.0795 e. The Morgan fingerprint density at radius 1 is 1.50 bits per heavy atom. The summed E-state index contributed by atoms with van der Waals surface area (Å²) < 4.78 is 7.26. The molecule has 0 aliphatic carbocycles. The molecular formula is C13H18BrNOS2. The Morgan fingerprint density at radius 2 is 2.44 bits per heavy atom. The van der Waals surface area contributed by atoms with Crippen molar-refractivity contribution in [1.29, 1.82) is 0 Å². The lowest BCUT2D eigenvalue weighted by Crippen LogP contribution is -2.46. The molecule has 0 saturated carbocycles. The van der Waals surface area contributed by atoms with Crippen LogP contribution in [0.15, 0.2) is 15.9 Å². The van der Waals surface area contributed by atoms with Gasteiger partial charge in [0.15, 0.2) is 0 Å². The zero-order valence-corrected chi connectivity index (χ0v) is 13.5. The molecule has 2 saturated heterocycles. The molecule has 1 aromatic rings. The molecule has 0 bridgehead atoms. The summed E-state index contributed by atoms with van der Waals surface area (Å²) in [6, 6.07) is 4.95. The van der Waals surface area contributed by atoms with E-state index in [1.54, 1.807) is 0 Å². The molecule has 0 aromatic carbocycles. The van der Waals surface area contributed by atoms with Crippen molar-refractivity contribution in [2.75, 3.05) is 18.1 Å². The molecule has 1 N–H and O–H groups in total. The topological polar surface area (TPSA) is 21.3 Å². The van der Waals surface area contributed by atoms with Gasteiger partial charge in [0.25, 0.3) is 0 Å². The van der Waals surface area contributed by atoms with Crippen LogP contribution < -0.4 is 5.32 Å². The van der Waals surface area contributed by atoms with Crippen molar-refractivity contribution in [2.45, 2.75) is 37.5 Å². The summed E-state index contributed by atoms with van der Waals surface area (Å²) in [5.41, 5.74) is 0.191. The fourth-order valence-electron chi connectivity index (χ4n) is 2.76. The molecular weight excluding hydrogens is 330 g/mol. The Morgan fingerprint density at radius 3 is 3.17 bits per heavy atom. The zero-order chi connectivity index (χ0) is 12.4. The molecule has 2 unspecified atom stereocenters. The number of rotatable bonds is 3. The molecule has 3 rings (SSSR count). The van der Waals surface area contributed by atoms with E-state index in [1.807, 2.05) is 23.1 Å². The van der Waals surface area contributed by atoms with Crippen LogP contribution in [0.25, 0.3) is 0 Å². The highest BCUT2D eigenvalue weighted by molar-refractivity contribution is 9.11. The van der Waals surface area contributed by atoms with Crippen molar-refractivity contribution in [1.82, 2.24) is 5.32 Å². The SMILES string of the molecule is Brc1ccc(CNC2CCOC3(CCSC3)C2)s1. The first kappa shape index (κ1) is 13.4. The summed E-state index contributed by atoms with van der Waals surface area (Å²) in [5.74, 6) is 2.46. The third kappa shape index (κ3) is 3.12. The smallest absolute Gasteiger partial charge is 0.0795 e. The lowest BCUT2D eigenvalue weighted by atomic mass is 9.90. The van der Waals surface area contributed by atoms with Crippen LogP contribution in [0, 0.1) is 0 Å². The van der Waals surface area contributed by atoms with Gasteiger partial charge in [-0.05, 0) is 53.1 Å². The number of thiophene rings is 1. The van der Waals surface area contributed by atoms with Gasteiger partial charge in [-0.3, -0.25) is 0 Å². The Kier molecular flexibility index (Phi) is 4.35. The van der Waals surface area contributed by atoms with Crippen LogP contribution in [0.1, 0.15) is 24.1 Å². The van der Waals surface area contributed by atoms with Crippen molar-refractivity contribution < 1.29 is 4.74 Å². The monoisotopic (exact) mass is 347 g/mol. The minimum absolute atomic E-state index is 0.191. The van der Waals surface area contributed by atoms with Gasteiger partial charge in [-0.15, -0.1) is 11.3 Å². The van der Waals surface area contributed by atoms with Gasteiger partial charge in [0.2, 0.25) is 0 Å². The average molecular weight is 348 g/mol. The molecule has 2 aliphatic heterocycles. The third-order valence-electron chi connectivity index (χ3n) is 3.75. The molecule has 3 heterocycles. The second-order valence-corrected chi connectivity index (χ2v) is 8.76. The van der Waals surface area contributed by atoms with Crippen molar-refractivity contribution in [3.05, 3.63) is 20.8 Å². The predicted octanol–water partition coefficient (Wildman–Crippen LogP) is 3.65. The maximum absolute atomic E-state index is 6.05. The van der Waals surface area contributed by atoms with Crippen molar-refractivity contribution in [3.63, 3.8) is 0 Å². The molecule has 1 spiro atoms. The van der Waals surface area contributed by atoms with Crippen LogP contribution in [0.5, 0.6) is 0 Å². The van der Waals surface area contributed by atoms with Crippen molar-refractivity contribution in [2.24, 2.45) is 0 Å². The predicted molar refractivity (Wildman–Crippen MR) is 82.5 cm³/mol. The van der Waals surface area contributed by atoms with E-state index in [9.17, 15) is 0 Å². The van der Waals surface area contributed by atoms with Crippen LogP contribution in [-0.4, -0.2) is 29.8 Å². The summed E-state index contributed by atoms with van der Waals surface area (Å²) in [5, 5.41) is 3.70. The van der Waals surface area contributed by atoms with Crippen LogP contribution in [0.3, 0.4) is 0 Å². The molecule has 2 fully saturated rings. The van der Waals surface area contributed by atoms with E-state index in [2.05, 4.69) is 33.4 Å². The van der Waals surface area contributed by atoms with Crippen LogP contribution in [0.2, 0.25) is 0 Å². The molecule has 18 heavy (non-hydrogen) atoms. The number of hydrogen-bond donors (Lipinski definition) is 1. The first-order valence-electron chi connectivity index (χ1n) is 6.45. The summed E-state index contributed by atoms with van der Waals surface area (Å²) in [4.78, 5) is 1.41. The average Bonchev–Trinajstić information content (AvgIpc) is 2.97. The van der Waals surface area contributed by atoms with Gasteiger partial charge in [0.1, 0.15) is 0 Å². The summed E-state index contributed by atoms with van der Waals surface area (Å²) in [7, 11) is 0. The summed E-state index contributed by atoms with van der Waals surface area (Å²) in [6.45, 7) is 1.91. The molecule has 0 radical (unpaired) electrons. The lowest BCUT2D eigenvalue weighted by Gasteiger charge is -2.38. The van der Waals surface area contributed by atoms with Crippen molar-refractivity contribution in [3.8, 4) is 0 Å². The highest BCUT2D eigenvalue weighted by atomic mass is 79.9. The van der Waals surface area contributed by atoms with Gasteiger partial charge in [0, 0.05) is 29.8 Å². The Hall–Kier alpha value is 0.450. The van der Waals surface area contributed by atoms with Gasteiger partial charge in [-0.1, -0.05) is 0 Å². The second kappa shape index (κ2) is 5.83. The minimum atomic E-state index is 0.191. The lowest BCUT2D eigenvalue weighted by molar-refractivity contribution is -0.0702. The highest BCUT2D eigenvalue weighted by Gasteiger charge is 2.40. The molecule has 2 nitrogen and oxygen atoms in total. The van der Waals surface area contributed by atoms with E-state index in [4.69, 9.17) is 4.74 Å². The second-order valence-electron chi connectivity index (χ2n) is 5.11. The number of halogens is 1. The number of thioether (sulfide) groups is 1. The fraction of sp³-hybridized carbons (Fsp3) is 0.692. The third-order valence-corrected chi connectivity index (χ3v) is 6.60. The fourth-order valence-corrected chi connectivity index (χ4v) is 5.57. The van der Waals surface area contributed by atoms with Gasteiger partial charge >= 0.3 is 0 Å². The van der Waals surface area contributed by atoms with E-state index in [0.717, 1.165) is 19.6 Å². The first-order chi connectivity index (χ1) is 8.76. The van der Waals surface area contributed by atoms with Gasteiger partial charge in [-0.2, -0.15) is 11.8 Å². The maximum atomic E-state index is 6.05. The molecule has 5 heteroatoms. The van der Waals surface area contributed by atoms with E-state index < -0.39 is 0 Å². The Labute approximate surface area is 125 Å². The van der Waals surface area contributed by atoms with Crippen LogP contribution >= 0.6 is 39.0 Å². The van der Waals surface area contributed by atoms with E-state index in [1.165, 1.54) is 33.0 Å². The Bertz CT molecular complexity index is 403. The quantitative estimate of drug-likeness (QED) is 0.901. The van der Waals surface area contributed by atoms with Crippen LogP contribution in [0.4, 0.5) is 0 Å². The van der Waals surface area contributed by atoms with Gasteiger partial charge in [-0.25, -0.2) is 0 Å². The standard InChI is InChI=1S/C13H18BrNOS2/c14-12-2-1-11(18-12)8-15-10-3-5-16-13(7-10)4-6-17-9-13/h1-2,10,15H,3-9H2. The highest BCUT2D eigenvalue weighted by Crippen LogP contribution is 2.38. The number of hydrogen-bond acceptors (Lipinski definition) is 4.